The molecule has 64 valence electrons. The van der Waals surface area contributed by atoms with Crippen LogP contribution in [0.4, 0.5) is 0 Å². The lowest BCUT2D eigenvalue weighted by atomic mass is 10.3. The van der Waals surface area contributed by atoms with E-state index in [0.717, 1.165) is 35.0 Å². The third kappa shape index (κ3) is 2.15. The number of piperazine rings is 1. The number of thiocarbonyl (C=S) groups is 1. The summed E-state index contributed by atoms with van der Waals surface area (Å²) in [5, 5.41) is 3.33. The molecule has 1 saturated heterocycles. The number of nitrogens with zero attached hydrogens (tertiary/aromatic N) is 1. The lowest BCUT2D eigenvalue weighted by molar-refractivity contribution is -0.816. The highest BCUT2D eigenvalue weighted by Gasteiger charge is 2.29. The van der Waals surface area contributed by atoms with Crippen molar-refractivity contribution >= 4 is 28.3 Å². The zero-order valence-corrected chi connectivity index (χ0v) is 8.73. The van der Waals surface area contributed by atoms with Crippen LogP contribution in [0.1, 0.15) is 0 Å². The van der Waals surface area contributed by atoms with Crippen LogP contribution >= 0.6 is 24.0 Å². The number of rotatable bonds is 0. The van der Waals surface area contributed by atoms with Crippen LogP contribution in [0.2, 0.25) is 0 Å². The molecular formula is C7H15N2S2+. The quantitative estimate of drug-likeness (QED) is 0.447. The summed E-state index contributed by atoms with van der Waals surface area (Å²) in [6, 6.07) is 0. The molecule has 1 aliphatic rings. The molecule has 11 heavy (non-hydrogen) atoms. The SMILES string of the molecule is CSC(=S)[N+]1(C)CCNCC1. The van der Waals surface area contributed by atoms with Crippen molar-refractivity contribution in [3.05, 3.63) is 0 Å². The summed E-state index contributed by atoms with van der Waals surface area (Å²) in [5.74, 6) is 0. The van der Waals surface area contributed by atoms with E-state index in [1.165, 1.54) is 0 Å². The van der Waals surface area contributed by atoms with Crippen LogP contribution in [-0.4, -0.2) is 48.3 Å². The molecule has 0 unspecified atom stereocenters. The van der Waals surface area contributed by atoms with Crippen molar-refractivity contribution in [1.29, 1.82) is 0 Å². The van der Waals surface area contributed by atoms with Crippen LogP contribution < -0.4 is 5.32 Å². The maximum Gasteiger partial charge on any atom is 0.233 e. The van der Waals surface area contributed by atoms with Gasteiger partial charge in [0.2, 0.25) is 4.32 Å². The molecule has 1 N–H and O–H groups in total. The maximum atomic E-state index is 5.30. The molecule has 4 heteroatoms. The molecule has 1 aliphatic heterocycles. The third-order valence-corrected chi connectivity index (χ3v) is 3.91. The van der Waals surface area contributed by atoms with Gasteiger partial charge in [-0.1, -0.05) is 11.8 Å². The second kappa shape index (κ2) is 3.85. The Kier molecular flexibility index (Phi) is 3.30. The lowest BCUT2D eigenvalue weighted by Gasteiger charge is -2.36. The Morgan fingerprint density at radius 3 is 2.45 bits per heavy atom. The van der Waals surface area contributed by atoms with Crippen molar-refractivity contribution in [3.8, 4) is 0 Å². The average molecular weight is 191 g/mol. The molecule has 0 aromatic heterocycles. The van der Waals surface area contributed by atoms with Crippen molar-refractivity contribution < 1.29 is 4.48 Å². The number of nitrogens with one attached hydrogen (secondary N) is 1. The molecule has 1 rings (SSSR count). The highest BCUT2D eigenvalue weighted by molar-refractivity contribution is 8.22. The van der Waals surface area contributed by atoms with Gasteiger partial charge in [-0.2, -0.15) is 0 Å². The van der Waals surface area contributed by atoms with Crippen molar-refractivity contribution in [2.45, 2.75) is 0 Å². The van der Waals surface area contributed by atoms with Gasteiger partial charge in [-0.25, -0.2) is 0 Å². The molecule has 0 aliphatic carbocycles. The summed E-state index contributed by atoms with van der Waals surface area (Å²) >= 11 is 7.00. The van der Waals surface area contributed by atoms with E-state index in [4.69, 9.17) is 12.2 Å². The molecule has 2 nitrogen and oxygen atoms in total. The molecule has 0 amide bonds. The number of hydrogen-bond acceptors (Lipinski definition) is 3. The van der Waals surface area contributed by atoms with Gasteiger partial charge in [0.25, 0.3) is 0 Å². The molecule has 0 saturated carbocycles. The fourth-order valence-corrected chi connectivity index (χ4v) is 2.10. The smallest absolute Gasteiger partial charge is 0.233 e. The first-order chi connectivity index (χ1) is 5.19. The second-order valence-corrected chi connectivity index (χ2v) is 4.50. The fourth-order valence-electron chi connectivity index (χ4n) is 1.29. The fraction of sp³-hybridized carbons (Fsp3) is 0.857. The molecule has 1 fully saturated rings. The van der Waals surface area contributed by atoms with E-state index < -0.39 is 0 Å². The first-order valence-corrected chi connectivity index (χ1v) is 5.46. The highest BCUT2D eigenvalue weighted by Crippen LogP contribution is 2.14. The zero-order valence-electron chi connectivity index (χ0n) is 7.09. The van der Waals surface area contributed by atoms with E-state index in [0.29, 0.717) is 0 Å². The Morgan fingerprint density at radius 1 is 1.45 bits per heavy atom. The van der Waals surface area contributed by atoms with Crippen molar-refractivity contribution in [2.75, 3.05) is 39.5 Å². The molecular weight excluding hydrogens is 176 g/mol. The van der Waals surface area contributed by atoms with Crippen LogP contribution in [-0.2, 0) is 0 Å². The lowest BCUT2D eigenvalue weighted by Crippen LogP contribution is -2.57. The number of hydrogen-bond donors (Lipinski definition) is 1. The minimum Gasteiger partial charge on any atom is -0.306 e. The Balaban J connectivity index is 2.56. The van der Waals surface area contributed by atoms with Gasteiger partial charge in [-0.15, -0.1) is 0 Å². The monoisotopic (exact) mass is 191 g/mol. The van der Waals surface area contributed by atoms with Crippen LogP contribution in [0, 0.1) is 0 Å². The normalized spacial score (nSPS) is 23.1. The topological polar surface area (TPSA) is 12.0 Å². The van der Waals surface area contributed by atoms with Crippen LogP contribution in [0.5, 0.6) is 0 Å². The standard InChI is InChI=1S/C7H15N2S2/c1-9(7(10)11-2)5-3-8-4-6-9/h8H,3-6H2,1-2H3/q+1. The van der Waals surface area contributed by atoms with Crippen LogP contribution in [0.15, 0.2) is 0 Å². The number of quaternary nitrogens is 1. The van der Waals surface area contributed by atoms with Crippen LogP contribution in [0.25, 0.3) is 0 Å². The summed E-state index contributed by atoms with van der Waals surface area (Å²) in [6.07, 6.45) is 2.06. The zero-order chi connectivity index (χ0) is 8.32. The molecule has 1 heterocycles. The van der Waals surface area contributed by atoms with E-state index in [1.54, 1.807) is 11.8 Å². The predicted octanol–water partition coefficient (Wildman–Crippen LogP) is 0.684. The van der Waals surface area contributed by atoms with Gasteiger partial charge < -0.3 is 5.32 Å². The summed E-state index contributed by atoms with van der Waals surface area (Å²) in [5.41, 5.74) is 0. The summed E-state index contributed by atoms with van der Waals surface area (Å²) in [6.45, 7) is 4.47. The van der Waals surface area contributed by atoms with Gasteiger partial charge in [-0.05, 0) is 18.5 Å². The predicted molar refractivity (Wildman–Crippen MR) is 54.9 cm³/mol. The summed E-state index contributed by atoms with van der Waals surface area (Å²) in [7, 11) is 2.22. The Hall–Kier alpha value is 0.360. The minimum atomic E-state index is 0.962. The van der Waals surface area contributed by atoms with Crippen molar-refractivity contribution in [2.24, 2.45) is 0 Å². The van der Waals surface area contributed by atoms with E-state index in [9.17, 15) is 0 Å². The van der Waals surface area contributed by atoms with Gasteiger partial charge in [0, 0.05) is 13.1 Å². The first-order valence-electron chi connectivity index (χ1n) is 3.83. The Labute approximate surface area is 77.9 Å². The molecule has 0 aromatic carbocycles. The van der Waals surface area contributed by atoms with Gasteiger partial charge in [0.05, 0.1) is 20.1 Å². The minimum absolute atomic E-state index is 0.962. The van der Waals surface area contributed by atoms with E-state index >= 15 is 0 Å². The molecule has 0 atom stereocenters. The molecule has 0 radical (unpaired) electrons. The van der Waals surface area contributed by atoms with E-state index in [-0.39, 0.29) is 0 Å². The number of thioether (sulfide) groups is 1. The van der Waals surface area contributed by atoms with E-state index in [2.05, 4.69) is 18.6 Å². The van der Waals surface area contributed by atoms with Crippen LogP contribution in [0.3, 0.4) is 0 Å². The average Bonchev–Trinajstić information content (AvgIpc) is 2.04. The molecule has 0 bridgehead atoms. The van der Waals surface area contributed by atoms with Gasteiger partial charge in [-0.3, -0.25) is 4.48 Å². The van der Waals surface area contributed by atoms with Gasteiger partial charge in [0.1, 0.15) is 0 Å². The Bertz CT molecular complexity index is 153. The van der Waals surface area contributed by atoms with Gasteiger partial charge >= 0.3 is 0 Å². The Morgan fingerprint density at radius 2 is 2.00 bits per heavy atom. The largest absolute Gasteiger partial charge is 0.306 e. The third-order valence-electron chi connectivity index (χ3n) is 2.18. The number of likely N-dealkylation sites (N-methyl/N-ethyl adjacent to an activating group) is 1. The first kappa shape index (κ1) is 9.45. The van der Waals surface area contributed by atoms with E-state index in [1.807, 2.05) is 0 Å². The van der Waals surface area contributed by atoms with Crippen molar-refractivity contribution in [3.63, 3.8) is 0 Å². The van der Waals surface area contributed by atoms with Gasteiger partial charge in [0.15, 0.2) is 0 Å². The molecule has 0 spiro atoms. The van der Waals surface area contributed by atoms with Crippen molar-refractivity contribution in [1.82, 2.24) is 5.32 Å². The molecule has 0 aromatic rings. The highest BCUT2D eigenvalue weighted by atomic mass is 32.2. The summed E-state index contributed by atoms with van der Waals surface area (Å²) < 4.78 is 2.08. The second-order valence-electron chi connectivity index (χ2n) is 3.06. The maximum absolute atomic E-state index is 5.30. The summed E-state index contributed by atoms with van der Waals surface area (Å²) in [4.78, 5) is 0.